The Morgan fingerprint density at radius 3 is 2.62 bits per heavy atom. The average molecular weight is 224 g/mol. The predicted molar refractivity (Wildman–Crippen MR) is 63.0 cm³/mol. The fraction of sp³-hybridized carbons (Fsp3) is 0.455. The minimum Gasteiger partial charge on any atom is -0.383 e. The van der Waals surface area contributed by atoms with Crippen LogP contribution >= 0.6 is 0 Å². The zero-order chi connectivity index (χ0) is 12.3. The second-order valence-corrected chi connectivity index (χ2v) is 4.59. The highest BCUT2D eigenvalue weighted by molar-refractivity contribution is 5.32. The minimum atomic E-state index is -0.293. The first-order valence-electron chi connectivity index (χ1n) is 5.08. The van der Waals surface area contributed by atoms with Gasteiger partial charge in [0.1, 0.15) is 17.0 Å². The molecule has 0 aromatic heterocycles. The summed E-state index contributed by atoms with van der Waals surface area (Å²) in [6.07, 6.45) is 7.35. The van der Waals surface area contributed by atoms with Gasteiger partial charge in [-0.25, -0.2) is 4.48 Å². The van der Waals surface area contributed by atoms with Crippen LogP contribution < -0.4 is 0 Å². The molecule has 0 radical (unpaired) electrons. The van der Waals surface area contributed by atoms with Crippen molar-refractivity contribution in [3.05, 3.63) is 45.9 Å². The van der Waals surface area contributed by atoms with E-state index in [-0.39, 0.29) is 15.2 Å². The van der Waals surface area contributed by atoms with Crippen LogP contribution in [0.2, 0.25) is 0 Å². The van der Waals surface area contributed by atoms with Crippen molar-refractivity contribution in [1.82, 2.24) is 4.90 Å². The maximum absolute atomic E-state index is 11.1. The van der Waals surface area contributed by atoms with Gasteiger partial charge in [-0.2, -0.15) is 0 Å². The van der Waals surface area contributed by atoms with Crippen LogP contribution in [0.15, 0.2) is 35.8 Å². The molecular weight excluding hydrogens is 206 g/mol. The molecule has 0 atom stereocenters. The van der Waals surface area contributed by atoms with Crippen LogP contribution in [0, 0.1) is 10.1 Å². The van der Waals surface area contributed by atoms with E-state index in [1.807, 2.05) is 51.4 Å². The van der Waals surface area contributed by atoms with Gasteiger partial charge in [0.05, 0.1) is 14.1 Å². The lowest BCUT2D eigenvalue weighted by molar-refractivity contribution is -0.905. The molecule has 0 aromatic carbocycles. The third-order valence-electron chi connectivity index (χ3n) is 2.42. The summed E-state index contributed by atoms with van der Waals surface area (Å²) in [7, 11) is 7.45. The van der Waals surface area contributed by atoms with E-state index in [1.165, 1.54) is 0 Å². The Labute approximate surface area is 95.7 Å². The largest absolute Gasteiger partial charge is 0.435 e. The number of rotatable bonds is 3. The summed E-state index contributed by atoms with van der Waals surface area (Å²) >= 11 is 0. The second kappa shape index (κ2) is 4.49. The lowest BCUT2D eigenvalue weighted by Gasteiger charge is -2.26. The normalized spacial score (nSPS) is 19.2. The van der Waals surface area contributed by atoms with Crippen LogP contribution in [0.3, 0.4) is 0 Å². The third-order valence-corrected chi connectivity index (χ3v) is 2.42. The summed E-state index contributed by atoms with van der Waals surface area (Å²) in [5.41, 5.74) is 0.662. The highest BCUT2D eigenvalue weighted by Gasteiger charge is 2.37. The lowest BCUT2D eigenvalue weighted by atomic mass is 10.1. The van der Waals surface area contributed by atoms with Crippen LogP contribution in [-0.2, 0) is 0 Å². The fourth-order valence-electron chi connectivity index (χ4n) is 1.64. The molecule has 0 saturated heterocycles. The topological polar surface area (TPSA) is 46.4 Å². The molecule has 1 rings (SSSR count). The SMILES string of the molecule is CN(C)/C=C/C1=C([N+](=O)[O-])[N+](C)(C)CC=C1. The van der Waals surface area contributed by atoms with Crippen molar-refractivity contribution in [2.24, 2.45) is 0 Å². The van der Waals surface area contributed by atoms with Crippen LogP contribution in [0.4, 0.5) is 0 Å². The van der Waals surface area contributed by atoms with Gasteiger partial charge in [-0.3, -0.25) is 10.1 Å². The Kier molecular flexibility index (Phi) is 3.49. The number of likely N-dealkylation sites (N-methyl/N-ethyl adjacent to an activating group) is 1. The highest BCUT2D eigenvalue weighted by Crippen LogP contribution is 2.23. The molecule has 0 spiro atoms. The summed E-state index contributed by atoms with van der Waals surface area (Å²) in [5.74, 6) is 0.237. The highest BCUT2D eigenvalue weighted by atomic mass is 16.6. The van der Waals surface area contributed by atoms with Crippen LogP contribution in [0.1, 0.15) is 0 Å². The molecule has 5 heteroatoms. The first-order valence-corrected chi connectivity index (χ1v) is 5.08. The first kappa shape index (κ1) is 12.4. The molecule has 16 heavy (non-hydrogen) atoms. The maximum atomic E-state index is 11.1. The van der Waals surface area contributed by atoms with Crippen molar-refractivity contribution in [2.75, 3.05) is 34.7 Å². The average Bonchev–Trinajstić information content (AvgIpc) is 2.12. The van der Waals surface area contributed by atoms with Gasteiger partial charge in [-0.05, 0) is 24.4 Å². The molecule has 1 heterocycles. The van der Waals surface area contributed by atoms with E-state index in [2.05, 4.69) is 0 Å². The molecule has 0 aliphatic carbocycles. The second-order valence-electron chi connectivity index (χ2n) is 4.59. The molecule has 1 aliphatic rings. The van der Waals surface area contributed by atoms with Gasteiger partial charge in [0.25, 0.3) is 0 Å². The van der Waals surface area contributed by atoms with Gasteiger partial charge in [-0.15, -0.1) is 0 Å². The van der Waals surface area contributed by atoms with Gasteiger partial charge in [0, 0.05) is 14.1 Å². The van der Waals surface area contributed by atoms with Crippen molar-refractivity contribution in [3.8, 4) is 0 Å². The van der Waals surface area contributed by atoms with Crippen LogP contribution in [0.5, 0.6) is 0 Å². The number of hydrogen-bond acceptors (Lipinski definition) is 3. The Balaban J connectivity index is 3.17. The Bertz CT molecular complexity index is 379. The molecule has 0 bridgehead atoms. The monoisotopic (exact) mass is 224 g/mol. The minimum absolute atomic E-state index is 0.237. The first-order chi connectivity index (χ1) is 7.34. The van der Waals surface area contributed by atoms with Crippen molar-refractivity contribution >= 4 is 0 Å². The fourth-order valence-corrected chi connectivity index (χ4v) is 1.64. The summed E-state index contributed by atoms with van der Waals surface area (Å²) in [6.45, 7) is 0.648. The van der Waals surface area contributed by atoms with Crippen LogP contribution in [-0.4, -0.2) is 49.0 Å². The number of hydrogen-bond donors (Lipinski definition) is 0. The number of quaternary nitrogens is 1. The number of nitro groups is 1. The summed E-state index contributed by atoms with van der Waals surface area (Å²) in [5, 5.41) is 11.1. The zero-order valence-electron chi connectivity index (χ0n) is 10.2. The standard InChI is InChI=1S/C11H18N3O2/c1-12(2)8-7-10-6-5-9-14(3,4)11(10)13(15)16/h5-8H,9H2,1-4H3/q+1/b8-7+. The predicted octanol–water partition coefficient (Wildman–Crippen LogP) is 1.20. The molecule has 0 N–H and O–H groups in total. The summed E-state index contributed by atoms with van der Waals surface area (Å²) in [4.78, 5) is 12.6. The van der Waals surface area contributed by atoms with Crippen molar-refractivity contribution in [2.45, 2.75) is 0 Å². The molecular formula is C11H18N3O2+. The van der Waals surface area contributed by atoms with E-state index in [0.29, 0.717) is 12.1 Å². The summed E-state index contributed by atoms with van der Waals surface area (Å²) in [6, 6.07) is 0. The molecule has 5 nitrogen and oxygen atoms in total. The lowest BCUT2D eigenvalue weighted by Crippen LogP contribution is -2.43. The van der Waals surface area contributed by atoms with Gasteiger partial charge in [0.15, 0.2) is 0 Å². The van der Waals surface area contributed by atoms with Gasteiger partial charge < -0.3 is 4.90 Å². The Hall–Kier alpha value is -1.62. The Morgan fingerprint density at radius 1 is 1.50 bits per heavy atom. The molecule has 0 amide bonds. The van der Waals surface area contributed by atoms with E-state index in [4.69, 9.17) is 0 Å². The van der Waals surface area contributed by atoms with Crippen molar-refractivity contribution in [1.29, 1.82) is 0 Å². The molecule has 0 saturated carbocycles. The molecule has 0 unspecified atom stereocenters. The maximum Gasteiger partial charge on any atom is 0.435 e. The molecule has 88 valence electrons. The van der Waals surface area contributed by atoms with E-state index in [1.54, 1.807) is 6.08 Å². The smallest absolute Gasteiger partial charge is 0.383 e. The van der Waals surface area contributed by atoms with Gasteiger partial charge in [-0.1, -0.05) is 0 Å². The molecule has 0 aromatic rings. The van der Waals surface area contributed by atoms with E-state index >= 15 is 0 Å². The van der Waals surface area contributed by atoms with Crippen LogP contribution in [0.25, 0.3) is 0 Å². The van der Waals surface area contributed by atoms with E-state index in [9.17, 15) is 10.1 Å². The Morgan fingerprint density at radius 2 is 2.12 bits per heavy atom. The molecule has 1 aliphatic heterocycles. The van der Waals surface area contributed by atoms with Gasteiger partial charge in [0.2, 0.25) is 0 Å². The quantitative estimate of drug-likeness (QED) is 0.411. The van der Waals surface area contributed by atoms with Gasteiger partial charge >= 0.3 is 5.82 Å². The summed E-state index contributed by atoms with van der Waals surface area (Å²) < 4.78 is 0.274. The van der Waals surface area contributed by atoms with E-state index < -0.39 is 0 Å². The molecule has 0 fully saturated rings. The zero-order valence-corrected chi connectivity index (χ0v) is 10.2. The van der Waals surface area contributed by atoms with Crippen molar-refractivity contribution in [3.63, 3.8) is 0 Å². The van der Waals surface area contributed by atoms with Crippen molar-refractivity contribution < 1.29 is 9.41 Å². The third kappa shape index (κ3) is 2.70. The van der Waals surface area contributed by atoms with E-state index in [0.717, 1.165) is 0 Å². The number of nitrogens with zero attached hydrogens (tertiary/aromatic N) is 3. The number of allylic oxidation sites excluding steroid dienone is 3.